The lowest BCUT2D eigenvalue weighted by Gasteiger charge is -2.07. The molecular formula is C14H15NO2. The van der Waals surface area contributed by atoms with Crippen LogP contribution < -0.4 is 4.74 Å². The van der Waals surface area contributed by atoms with Gasteiger partial charge < -0.3 is 9.84 Å². The summed E-state index contributed by atoms with van der Waals surface area (Å²) in [5.41, 5.74) is 1.77. The zero-order valence-electron chi connectivity index (χ0n) is 9.71. The number of hydrogen-bond acceptors (Lipinski definition) is 3. The van der Waals surface area contributed by atoms with Crippen LogP contribution in [0.4, 0.5) is 0 Å². The molecular weight excluding hydrogens is 214 g/mol. The summed E-state index contributed by atoms with van der Waals surface area (Å²) in [4.78, 5) is 4.12. The van der Waals surface area contributed by atoms with Gasteiger partial charge in [0.1, 0.15) is 12.4 Å². The molecule has 0 radical (unpaired) electrons. The zero-order valence-corrected chi connectivity index (χ0v) is 9.71. The summed E-state index contributed by atoms with van der Waals surface area (Å²) in [6.45, 7) is 2.21. The van der Waals surface area contributed by atoms with Crippen LogP contribution >= 0.6 is 0 Å². The summed E-state index contributed by atoms with van der Waals surface area (Å²) < 4.78 is 5.58. The number of pyridine rings is 1. The number of aromatic nitrogens is 1. The monoisotopic (exact) mass is 229 g/mol. The van der Waals surface area contributed by atoms with Gasteiger partial charge in [-0.05, 0) is 24.6 Å². The molecule has 0 spiro atoms. The molecule has 0 amide bonds. The van der Waals surface area contributed by atoms with E-state index in [-0.39, 0.29) is 0 Å². The van der Waals surface area contributed by atoms with Gasteiger partial charge in [-0.3, -0.25) is 4.98 Å². The number of hydrogen-bond donors (Lipinski definition) is 1. The van der Waals surface area contributed by atoms with Crippen LogP contribution in [0.3, 0.4) is 0 Å². The van der Waals surface area contributed by atoms with E-state index >= 15 is 0 Å². The molecule has 0 aliphatic carbocycles. The van der Waals surface area contributed by atoms with Crippen molar-refractivity contribution in [2.24, 2.45) is 0 Å². The van der Waals surface area contributed by atoms with Crippen LogP contribution in [0.15, 0.2) is 48.7 Å². The average Bonchev–Trinajstić information content (AvgIpc) is 2.38. The second-order valence-electron chi connectivity index (χ2n) is 3.87. The van der Waals surface area contributed by atoms with Crippen molar-refractivity contribution >= 4 is 0 Å². The van der Waals surface area contributed by atoms with Crippen LogP contribution in [0.25, 0.3) is 0 Å². The fourth-order valence-electron chi connectivity index (χ4n) is 1.47. The van der Waals surface area contributed by atoms with Gasteiger partial charge in [0.15, 0.2) is 0 Å². The molecule has 1 N–H and O–H groups in total. The Kier molecular flexibility index (Phi) is 3.73. The summed E-state index contributed by atoms with van der Waals surface area (Å²) in [5.74, 6) is 0.707. The van der Waals surface area contributed by atoms with Crippen LogP contribution in [-0.4, -0.2) is 10.1 Å². The van der Waals surface area contributed by atoms with Gasteiger partial charge in [-0.15, -0.1) is 0 Å². The van der Waals surface area contributed by atoms with E-state index in [1.54, 1.807) is 19.2 Å². The minimum absolute atomic E-state index is 0.524. The van der Waals surface area contributed by atoms with Gasteiger partial charge in [0, 0.05) is 0 Å². The quantitative estimate of drug-likeness (QED) is 0.876. The number of nitrogens with zero attached hydrogens (tertiary/aromatic N) is 1. The summed E-state index contributed by atoms with van der Waals surface area (Å²) >= 11 is 0. The first-order chi connectivity index (χ1) is 8.25. The predicted molar refractivity (Wildman–Crippen MR) is 65.6 cm³/mol. The topological polar surface area (TPSA) is 42.4 Å². The van der Waals surface area contributed by atoms with E-state index in [1.165, 1.54) is 0 Å². The molecule has 0 bridgehead atoms. The highest BCUT2D eigenvalue weighted by Gasteiger charge is 2.02. The molecule has 3 heteroatoms. The normalized spacial score (nSPS) is 12.1. The van der Waals surface area contributed by atoms with Crippen LogP contribution in [0.5, 0.6) is 5.75 Å². The van der Waals surface area contributed by atoms with E-state index in [9.17, 15) is 5.11 Å². The van der Waals surface area contributed by atoms with E-state index in [0.717, 1.165) is 5.56 Å². The third-order valence-corrected chi connectivity index (χ3v) is 2.44. The Bertz CT molecular complexity index is 451. The molecule has 1 aromatic carbocycles. The van der Waals surface area contributed by atoms with Crippen molar-refractivity contribution in [3.05, 3.63) is 59.9 Å². The van der Waals surface area contributed by atoms with Gasteiger partial charge in [-0.1, -0.05) is 30.3 Å². The molecule has 2 rings (SSSR count). The molecule has 1 unspecified atom stereocenters. The number of benzene rings is 1. The van der Waals surface area contributed by atoms with Crippen LogP contribution in [0.2, 0.25) is 0 Å². The summed E-state index contributed by atoms with van der Waals surface area (Å²) in [6, 6.07) is 13.5. The number of rotatable bonds is 4. The molecule has 1 aromatic heterocycles. The van der Waals surface area contributed by atoms with Gasteiger partial charge >= 0.3 is 0 Å². The first kappa shape index (κ1) is 11.6. The Morgan fingerprint density at radius 2 is 1.94 bits per heavy atom. The zero-order chi connectivity index (χ0) is 12.1. The molecule has 0 saturated carbocycles. The van der Waals surface area contributed by atoms with Crippen molar-refractivity contribution in [1.29, 1.82) is 0 Å². The fraction of sp³-hybridized carbons (Fsp3) is 0.214. The van der Waals surface area contributed by atoms with Crippen molar-refractivity contribution < 1.29 is 9.84 Å². The second-order valence-corrected chi connectivity index (χ2v) is 3.87. The summed E-state index contributed by atoms with van der Waals surface area (Å²) in [7, 11) is 0. The summed E-state index contributed by atoms with van der Waals surface area (Å²) in [5, 5.41) is 9.32. The smallest absolute Gasteiger partial charge is 0.138 e. The highest BCUT2D eigenvalue weighted by atomic mass is 16.5. The Morgan fingerprint density at radius 1 is 1.18 bits per heavy atom. The molecule has 1 heterocycles. The maximum Gasteiger partial charge on any atom is 0.138 e. The third-order valence-electron chi connectivity index (χ3n) is 2.44. The largest absolute Gasteiger partial charge is 0.487 e. The minimum atomic E-state index is -0.543. The summed E-state index contributed by atoms with van der Waals surface area (Å²) in [6.07, 6.45) is 1.09. The molecule has 0 aliphatic heterocycles. The first-order valence-corrected chi connectivity index (χ1v) is 5.56. The van der Waals surface area contributed by atoms with E-state index in [2.05, 4.69) is 4.98 Å². The molecule has 2 aromatic rings. The van der Waals surface area contributed by atoms with Crippen molar-refractivity contribution in [1.82, 2.24) is 4.98 Å². The van der Waals surface area contributed by atoms with Gasteiger partial charge in [-0.25, -0.2) is 0 Å². The molecule has 0 saturated heterocycles. The Balaban J connectivity index is 1.96. The second kappa shape index (κ2) is 5.46. The maximum absolute atomic E-state index is 9.32. The van der Waals surface area contributed by atoms with Gasteiger partial charge in [0.2, 0.25) is 0 Å². The van der Waals surface area contributed by atoms with Crippen molar-refractivity contribution in [3.63, 3.8) is 0 Å². The third kappa shape index (κ3) is 3.29. The van der Waals surface area contributed by atoms with Crippen LogP contribution in [0, 0.1) is 0 Å². The van der Waals surface area contributed by atoms with E-state index in [1.807, 2.05) is 36.4 Å². The van der Waals surface area contributed by atoms with Crippen LogP contribution in [0.1, 0.15) is 24.3 Å². The van der Waals surface area contributed by atoms with Gasteiger partial charge in [0.25, 0.3) is 0 Å². The molecule has 0 aliphatic rings. The Morgan fingerprint density at radius 3 is 2.53 bits per heavy atom. The highest BCUT2D eigenvalue weighted by Crippen LogP contribution is 2.15. The first-order valence-electron chi connectivity index (χ1n) is 5.56. The Hall–Kier alpha value is -1.87. The van der Waals surface area contributed by atoms with Crippen molar-refractivity contribution in [2.45, 2.75) is 19.6 Å². The van der Waals surface area contributed by atoms with E-state index in [4.69, 9.17) is 4.74 Å². The predicted octanol–water partition coefficient (Wildman–Crippen LogP) is 2.71. The fourth-order valence-corrected chi connectivity index (χ4v) is 1.47. The van der Waals surface area contributed by atoms with Crippen molar-refractivity contribution in [2.75, 3.05) is 0 Å². The SMILES string of the molecule is CC(O)c1ccc(OCc2ccccc2)cn1. The molecule has 3 nitrogen and oxygen atoms in total. The highest BCUT2D eigenvalue weighted by molar-refractivity contribution is 5.22. The maximum atomic E-state index is 9.32. The molecule has 1 atom stereocenters. The molecule has 88 valence electrons. The lowest BCUT2D eigenvalue weighted by atomic mass is 10.2. The molecule has 17 heavy (non-hydrogen) atoms. The van der Waals surface area contributed by atoms with E-state index < -0.39 is 6.10 Å². The van der Waals surface area contributed by atoms with Crippen molar-refractivity contribution in [3.8, 4) is 5.75 Å². The van der Waals surface area contributed by atoms with Gasteiger partial charge in [0.05, 0.1) is 18.0 Å². The number of ether oxygens (including phenoxy) is 1. The van der Waals surface area contributed by atoms with Crippen LogP contribution in [-0.2, 0) is 6.61 Å². The lowest BCUT2D eigenvalue weighted by Crippen LogP contribution is -1.98. The number of aliphatic hydroxyl groups excluding tert-OH is 1. The number of aliphatic hydroxyl groups is 1. The lowest BCUT2D eigenvalue weighted by molar-refractivity contribution is 0.194. The molecule has 0 fully saturated rings. The minimum Gasteiger partial charge on any atom is -0.487 e. The van der Waals surface area contributed by atoms with Gasteiger partial charge in [-0.2, -0.15) is 0 Å². The Labute approximate surface area is 101 Å². The average molecular weight is 229 g/mol. The van der Waals surface area contributed by atoms with E-state index in [0.29, 0.717) is 18.1 Å². The standard InChI is InChI=1S/C14H15NO2/c1-11(16)14-8-7-13(9-15-14)17-10-12-5-3-2-4-6-12/h2-9,11,16H,10H2,1H3.